The normalized spacial score (nSPS) is 36.6. The number of methoxy groups -OCH3 is 1. The average Bonchev–Trinajstić information content (AvgIpc) is 2.37. The minimum atomic E-state index is -0.962. The zero-order valence-corrected chi connectivity index (χ0v) is 11.2. The second-order valence-corrected chi connectivity index (χ2v) is 5.49. The SMILES string of the molecule is CO[C@@H]1[C@@H](O)[C@@H](O)[C@H](Sc2ccccc2)O[C@H]1C. The van der Waals surface area contributed by atoms with Crippen molar-refractivity contribution < 1.29 is 19.7 Å². The molecule has 2 N–H and O–H groups in total. The number of rotatable bonds is 3. The molecular formula is C13H18O4S. The van der Waals surface area contributed by atoms with Crippen LogP contribution in [0, 0.1) is 0 Å². The molecule has 1 aliphatic rings. The maximum atomic E-state index is 10.0. The van der Waals surface area contributed by atoms with Crippen LogP contribution in [0.1, 0.15) is 6.92 Å². The molecule has 2 rings (SSSR count). The van der Waals surface area contributed by atoms with Crippen molar-refractivity contribution in [1.29, 1.82) is 0 Å². The van der Waals surface area contributed by atoms with E-state index in [1.54, 1.807) is 0 Å². The first-order valence-electron chi connectivity index (χ1n) is 5.89. The van der Waals surface area contributed by atoms with Crippen LogP contribution in [0.15, 0.2) is 35.2 Å². The monoisotopic (exact) mass is 270 g/mol. The van der Waals surface area contributed by atoms with Crippen molar-refractivity contribution in [3.8, 4) is 0 Å². The summed E-state index contributed by atoms with van der Waals surface area (Å²) >= 11 is 1.40. The quantitative estimate of drug-likeness (QED) is 0.866. The van der Waals surface area contributed by atoms with Crippen LogP contribution >= 0.6 is 11.8 Å². The molecule has 0 spiro atoms. The van der Waals surface area contributed by atoms with E-state index in [2.05, 4.69) is 0 Å². The maximum absolute atomic E-state index is 10.0. The minimum absolute atomic E-state index is 0.255. The fourth-order valence-electron chi connectivity index (χ4n) is 2.06. The van der Waals surface area contributed by atoms with E-state index in [-0.39, 0.29) is 6.10 Å². The molecule has 1 aromatic rings. The lowest BCUT2D eigenvalue weighted by Gasteiger charge is -2.40. The van der Waals surface area contributed by atoms with Gasteiger partial charge in [0.1, 0.15) is 23.7 Å². The molecule has 0 unspecified atom stereocenters. The molecule has 0 amide bonds. The molecule has 1 saturated heterocycles. The van der Waals surface area contributed by atoms with Gasteiger partial charge in [-0.1, -0.05) is 30.0 Å². The summed E-state index contributed by atoms with van der Waals surface area (Å²) in [6, 6.07) is 9.67. The molecule has 0 saturated carbocycles. The number of ether oxygens (including phenoxy) is 2. The molecule has 1 aromatic carbocycles. The molecule has 0 aliphatic carbocycles. The molecule has 4 nitrogen and oxygen atoms in total. The summed E-state index contributed by atoms with van der Waals surface area (Å²) in [5, 5.41) is 20.0. The standard InChI is InChI=1S/C13H18O4S/c1-8-12(16-2)10(14)11(15)13(17-8)18-9-6-4-3-5-7-9/h3-8,10-15H,1-2H3/t8-,10-,11+,12-,13-/m0/s1. The Morgan fingerprint density at radius 1 is 1.17 bits per heavy atom. The molecule has 1 heterocycles. The van der Waals surface area contributed by atoms with Gasteiger partial charge in [0.05, 0.1) is 6.10 Å². The number of hydrogen-bond acceptors (Lipinski definition) is 5. The lowest BCUT2D eigenvalue weighted by atomic mass is 10.0. The fraction of sp³-hybridized carbons (Fsp3) is 0.538. The Labute approximate surface area is 111 Å². The third-order valence-corrected chi connectivity index (χ3v) is 4.21. The highest BCUT2D eigenvalue weighted by Gasteiger charge is 2.43. The Morgan fingerprint density at radius 3 is 2.44 bits per heavy atom. The van der Waals surface area contributed by atoms with Gasteiger partial charge < -0.3 is 19.7 Å². The van der Waals surface area contributed by atoms with Crippen LogP contribution in [-0.4, -0.2) is 47.2 Å². The Bertz CT molecular complexity index is 373. The van der Waals surface area contributed by atoms with E-state index in [1.807, 2.05) is 37.3 Å². The van der Waals surface area contributed by atoms with E-state index >= 15 is 0 Å². The summed E-state index contributed by atoms with van der Waals surface area (Å²) in [5.41, 5.74) is -0.483. The van der Waals surface area contributed by atoms with Crippen LogP contribution in [0.25, 0.3) is 0 Å². The Morgan fingerprint density at radius 2 is 1.83 bits per heavy atom. The number of aliphatic hydroxyl groups excluding tert-OH is 2. The molecule has 1 fully saturated rings. The molecule has 18 heavy (non-hydrogen) atoms. The summed E-state index contributed by atoms with van der Waals surface area (Å²) in [5.74, 6) is 0. The number of benzene rings is 1. The lowest BCUT2D eigenvalue weighted by molar-refractivity contribution is -0.201. The van der Waals surface area contributed by atoms with E-state index < -0.39 is 23.7 Å². The highest BCUT2D eigenvalue weighted by atomic mass is 32.2. The van der Waals surface area contributed by atoms with Crippen LogP contribution in [-0.2, 0) is 9.47 Å². The predicted molar refractivity (Wildman–Crippen MR) is 69.4 cm³/mol. The topological polar surface area (TPSA) is 58.9 Å². The van der Waals surface area contributed by atoms with Gasteiger partial charge in [-0.15, -0.1) is 0 Å². The van der Waals surface area contributed by atoms with E-state index in [0.29, 0.717) is 0 Å². The van der Waals surface area contributed by atoms with Gasteiger partial charge in [0.25, 0.3) is 0 Å². The first kappa shape index (κ1) is 13.8. The van der Waals surface area contributed by atoms with Crippen LogP contribution in [0.2, 0.25) is 0 Å². The van der Waals surface area contributed by atoms with Crippen molar-refractivity contribution in [1.82, 2.24) is 0 Å². The van der Waals surface area contributed by atoms with Gasteiger partial charge in [0, 0.05) is 12.0 Å². The van der Waals surface area contributed by atoms with Crippen molar-refractivity contribution >= 4 is 11.8 Å². The molecule has 5 atom stereocenters. The molecular weight excluding hydrogens is 252 g/mol. The van der Waals surface area contributed by atoms with Gasteiger partial charge in [0.15, 0.2) is 0 Å². The zero-order valence-electron chi connectivity index (χ0n) is 10.4. The summed E-state index contributed by atoms with van der Waals surface area (Å²) in [6.45, 7) is 1.84. The summed E-state index contributed by atoms with van der Waals surface area (Å²) in [4.78, 5) is 0.997. The van der Waals surface area contributed by atoms with Gasteiger partial charge in [0.2, 0.25) is 0 Å². The van der Waals surface area contributed by atoms with E-state index in [1.165, 1.54) is 18.9 Å². The maximum Gasteiger partial charge on any atom is 0.136 e. The van der Waals surface area contributed by atoms with Crippen molar-refractivity contribution in [3.63, 3.8) is 0 Å². The van der Waals surface area contributed by atoms with E-state index in [9.17, 15) is 10.2 Å². The van der Waals surface area contributed by atoms with E-state index in [4.69, 9.17) is 9.47 Å². The van der Waals surface area contributed by atoms with Crippen LogP contribution < -0.4 is 0 Å². The highest BCUT2D eigenvalue weighted by Crippen LogP contribution is 2.33. The fourth-order valence-corrected chi connectivity index (χ4v) is 3.18. The number of aliphatic hydroxyl groups is 2. The summed E-state index contributed by atoms with van der Waals surface area (Å²) < 4.78 is 10.8. The zero-order chi connectivity index (χ0) is 13.1. The van der Waals surface area contributed by atoms with E-state index in [0.717, 1.165) is 4.90 Å². The van der Waals surface area contributed by atoms with Crippen molar-refractivity contribution in [2.75, 3.05) is 7.11 Å². The molecule has 0 aromatic heterocycles. The lowest BCUT2D eigenvalue weighted by Crippen LogP contribution is -2.56. The van der Waals surface area contributed by atoms with Crippen LogP contribution in [0.5, 0.6) is 0 Å². The second-order valence-electron chi connectivity index (χ2n) is 4.32. The van der Waals surface area contributed by atoms with Crippen molar-refractivity contribution in [2.24, 2.45) is 0 Å². The largest absolute Gasteiger partial charge is 0.387 e. The third kappa shape index (κ3) is 2.87. The van der Waals surface area contributed by atoms with Gasteiger partial charge in [-0.2, -0.15) is 0 Å². The molecule has 0 bridgehead atoms. The molecule has 0 radical (unpaired) electrons. The van der Waals surface area contributed by atoms with Crippen LogP contribution in [0.4, 0.5) is 0 Å². The highest BCUT2D eigenvalue weighted by molar-refractivity contribution is 7.99. The smallest absolute Gasteiger partial charge is 0.136 e. The Balaban J connectivity index is 2.06. The van der Waals surface area contributed by atoms with Gasteiger partial charge in [-0.25, -0.2) is 0 Å². The Kier molecular flexibility index (Phi) is 4.64. The summed E-state index contributed by atoms with van der Waals surface area (Å²) in [7, 11) is 1.51. The number of hydrogen-bond donors (Lipinski definition) is 2. The van der Waals surface area contributed by atoms with Crippen LogP contribution in [0.3, 0.4) is 0 Å². The summed E-state index contributed by atoms with van der Waals surface area (Å²) in [6.07, 6.45) is -2.64. The minimum Gasteiger partial charge on any atom is -0.387 e. The van der Waals surface area contributed by atoms with Gasteiger partial charge >= 0.3 is 0 Å². The first-order valence-corrected chi connectivity index (χ1v) is 6.77. The predicted octanol–water partition coefficient (Wildman–Crippen LogP) is 1.26. The molecule has 100 valence electrons. The first-order chi connectivity index (χ1) is 8.63. The average molecular weight is 270 g/mol. The van der Waals surface area contributed by atoms with Gasteiger partial charge in [-0.05, 0) is 19.1 Å². The third-order valence-electron chi connectivity index (χ3n) is 3.04. The molecule has 1 aliphatic heterocycles. The van der Waals surface area contributed by atoms with Crippen molar-refractivity contribution in [2.45, 2.75) is 41.7 Å². The number of thioether (sulfide) groups is 1. The Hall–Kier alpha value is -0.590. The van der Waals surface area contributed by atoms with Crippen molar-refractivity contribution in [3.05, 3.63) is 30.3 Å². The molecule has 5 heteroatoms. The second kappa shape index (κ2) is 6.04. The van der Waals surface area contributed by atoms with Gasteiger partial charge in [-0.3, -0.25) is 0 Å².